The molecule has 29 heavy (non-hydrogen) atoms. The Kier molecular flexibility index (Phi) is 9.13. The highest BCUT2D eigenvalue weighted by molar-refractivity contribution is 6.30. The summed E-state index contributed by atoms with van der Waals surface area (Å²) in [4.78, 5) is 23.9. The van der Waals surface area contributed by atoms with Crippen LogP contribution in [-0.4, -0.2) is 24.6 Å². The first-order valence-corrected chi connectivity index (χ1v) is 10.4. The number of nitrogens with zero attached hydrogens (tertiary/aromatic N) is 1. The van der Waals surface area contributed by atoms with Crippen LogP contribution in [0.25, 0.3) is 0 Å². The van der Waals surface area contributed by atoms with Gasteiger partial charge in [0.25, 0.3) is 11.8 Å². The Labute approximate surface area is 178 Å². The Morgan fingerprint density at radius 3 is 2.62 bits per heavy atom. The summed E-state index contributed by atoms with van der Waals surface area (Å²) < 4.78 is 0. The molecule has 0 aromatic heterocycles. The van der Waals surface area contributed by atoms with Gasteiger partial charge in [-0.3, -0.25) is 9.59 Å². The van der Waals surface area contributed by atoms with Crippen LogP contribution >= 0.6 is 11.6 Å². The van der Waals surface area contributed by atoms with E-state index in [1.807, 2.05) is 6.21 Å². The first-order chi connectivity index (χ1) is 13.8. The van der Waals surface area contributed by atoms with Crippen molar-refractivity contribution in [1.82, 2.24) is 10.7 Å². The van der Waals surface area contributed by atoms with Gasteiger partial charge in [0.1, 0.15) is 0 Å². The number of carbonyl (C=O) groups is 2. The molecule has 0 spiro atoms. The van der Waals surface area contributed by atoms with E-state index in [0.29, 0.717) is 22.4 Å². The van der Waals surface area contributed by atoms with E-state index in [1.54, 1.807) is 24.3 Å². The maximum atomic E-state index is 12.0. The van der Waals surface area contributed by atoms with E-state index >= 15 is 0 Å². The zero-order valence-electron chi connectivity index (χ0n) is 17.4. The molecule has 1 aliphatic rings. The lowest BCUT2D eigenvalue weighted by Gasteiger charge is -2.25. The molecule has 2 amide bonds. The fourth-order valence-corrected chi connectivity index (χ4v) is 3.38. The molecule has 5 nitrogen and oxygen atoms in total. The second kappa shape index (κ2) is 11.6. The maximum absolute atomic E-state index is 12.0. The molecular weight excluding hydrogens is 386 g/mol. The van der Waals surface area contributed by atoms with Crippen molar-refractivity contribution in [3.8, 4) is 0 Å². The molecule has 156 valence electrons. The van der Waals surface area contributed by atoms with Gasteiger partial charge < -0.3 is 5.32 Å². The lowest BCUT2D eigenvalue weighted by molar-refractivity contribution is -0.120. The van der Waals surface area contributed by atoms with Crippen LogP contribution in [0.3, 0.4) is 0 Å². The van der Waals surface area contributed by atoms with Crippen LogP contribution in [0.5, 0.6) is 0 Å². The van der Waals surface area contributed by atoms with Crippen LogP contribution in [0, 0.1) is 11.8 Å². The third-order valence-corrected chi connectivity index (χ3v) is 5.23. The van der Waals surface area contributed by atoms with Gasteiger partial charge in [-0.1, -0.05) is 41.8 Å². The van der Waals surface area contributed by atoms with E-state index in [2.05, 4.69) is 48.8 Å². The fraction of sp³-hybridized carbons (Fsp3) is 0.435. The Balaban J connectivity index is 1.72. The molecule has 0 unspecified atom stereocenters. The smallest absolute Gasteiger partial charge is 0.259 e. The summed E-state index contributed by atoms with van der Waals surface area (Å²) in [6.07, 6.45) is 10.6. The minimum atomic E-state index is -0.357. The van der Waals surface area contributed by atoms with Gasteiger partial charge in [0.2, 0.25) is 0 Å². The van der Waals surface area contributed by atoms with Crippen molar-refractivity contribution < 1.29 is 9.59 Å². The molecule has 0 saturated heterocycles. The Morgan fingerprint density at radius 2 is 1.97 bits per heavy atom. The normalized spacial score (nSPS) is 18.8. The molecular formula is C23H30ClN3O2. The first kappa shape index (κ1) is 22.9. The molecule has 2 atom stereocenters. The van der Waals surface area contributed by atoms with Crippen LogP contribution in [0.15, 0.2) is 52.7 Å². The topological polar surface area (TPSA) is 70.6 Å². The van der Waals surface area contributed by atoms with E-state index in [1.165, 1.54) is 11.1 Å². The van der Waals surface area contributed by atoms with Crippen molar-refractivity contribution in [2.75, 3.05) is 6.54 Å². The number of rotatable bonds is 8. The summed E-state index contributed by atoms with van der Waals surface area (Å²) in [7, 11) is 0. The van der Waals surface area contributed by atoms with Crippen LogP contribution < -0.4 is 10.7 Å². The van der Waals surface area contributed by atoms with Gasteiger partial charge in [-0.15, -0.1) is 0 Å². The van der Waals surface area contributed by atoms with Crippen molar-refractivity contribution in [3.05, 3.63) is 58.1 Å². The second-order valence-electron chi connectivity index (χ2n) is 7.77. The average molecular weight is 416 g/mol. The zero-order valence-corrected chi connectivity index (χ0v) is 18.1. The average Bonchev–Trinajstić information content (AvgIpc) is 2.68. The Bertz CT molecular complexity index is 793. The van der Waals surface area contributed by atoms with E-state index in [4.69, 9.17) is 11.6 Å². The highest BCUT2D eigenvalue weighted by atomic mass is 35.5. The monoisotopic (exact) mass is 415 g/mol. The van der Waals surface area contributed by atoms with Gasteiger partial charge in [0.05, 0.1) is 6.54 Å². The van der Waals surface area contributed by atoms with Gasteiger partial charge in [-0.05, 0) is 69.7 Å². The summed E-state index contributed by atoms with van der Waals surface area (Å²) in [6.45, 7) is 6.34. The van der Waals surface area contributed by atoms with Gasteiger partial charge in [0, 0.05) is 22.7 Å². The predicted octanol–water partition coefficient (Wildman–Crippen LogP) is 4.89. The summed E-state index contributed by atoms with van der Waals surface area (Å²) in [6, 6.07) is 6.49. The number of hydrogen-bond donors (Lipinski definition) is 2. The molecule has 6 heteroatoms. The number of benzene rings is 1. The quantitative estimate of drug-likeness (QED) is 0.360. The number of nitrogens with one attached hydrogen (secondary N) is 2. The van der Waals surface area contributed by atoms with Crippen molar-refractivity contribution in [1.29, 1.82) is 0 Å². The van der Waals surface area contributed by atoms with Crippen LogP contribution in [-0.2, 0) is 4.79 Å². The molecule has 1 aromatic rings. The standard InChI is InChI=1S/C23H30ClN3O2/c1-16(2)5-4-6-18-7-8-20(17(3)13-18)14-26-27-22(28)15-25-23(29)19-9-11-21(24)12-10-19/h5,7,9-12,14,17,20H,4,6,8,13,15H2,1-3H3,(H,25,29)(H,27,28)/b26-14-/t17-,20-/m0/s1. The fourth-order valence-electron chi connectivity index (χ4n) is 3.25. The number of hydrazone groups is 1. The third-order valence-electron chi connectivity index (χ3n) is 4.98. The van der Waals surface area contributed by atoms with E-state index in [-0.39, 0.29) is 18.4 Å². The third kappa shape index (κ3) is 8.24. The largest absolute Gasteiger partial charge is 0.343 e. The van der Waals surface area contributed by atoms with Gasteiger partial charge >= 0.3 is 0 Å². The zero-order chi connectivity index (χ0) is 21.2. The molecule has 0 fully saturated rings. The van der Waals surface area contributed by atoms with Crippen LogP contribution in [0.1, 0.15) is 56.8 Å². The minimum absolute atomic E-state index is 0.132. The highest BCUT2D eigenvalue weighted by Crippen LogP contribution is 2.30. The second-order valence-corrected chi connectivity index (χ2v) is 8.20. The minimum Gasteiger partial charge on any atom is -0.343 e. The van der Waals surface area contributed by atoms with Crippen LogP contribution in [0.4, 0.5) is 0 Å². The van der Waals surface area contributed by atoms with E-state index < -0.39 is 0 Å². The summed E-state index contributed by atoms with van der Waals surface area (Å²) >= 11 is 5.80. The Hall–Kier alpha value is -2.40. The lowest BCUT2D eigenvalue weighted by atomic mass is 9.80. The molecule has 1 aliphatic carbocycles. The SMILES string of the molecule is CC(C)=CCCC1=CC[C@@H](/C=N\NC(=O)CNC(=O)c2ccc(Cl)cc2)[C@@H](C)C1. The lowest BCUT2D eigenvalue weighted by Crippen LogP contribution is -2.35. The number of allylic oxidation sites excluding steroid dienone is 4. The Morgan fingerprint density at radius 1 is 1.24 bits per heavy atom. The molecule has 0 heterocycles. The van der Waals surface area contributed by atoms with E-state index in [0.717, 1.165) is 25.7 Å². The maximum Gasteiger partial charge on any atom is 0.259 e. The first-order valence-electron chi connectivity index (χ1n) is 10.0. The van der Waals surface area contributed by atoms with Gasteiger partial charge in [-0.2, -0.15) is 5.10 Å². The number of halogens is 1. The summed E-state index contributed by atoms with van der Waals surface area (Å²) in [5, 5.41) is 7.21. The molecule has 2 rings (SSSR count). The molecule has 2 N–H and O–H groups in total. The summed E-state index contributed by atoms with van der Waals surface area (Å²) in [5.41, 5.74) is 5.81. The highest BCUT2D eigenvalue weighted by Gasteiger charge is 2.20. The molecule has 0 saturated carbocycles. The molecule has 0 radical (unpaired) electrons. The molecule has 0 bridgehead atoms. The van der Waals surface area contributed by atoms with Crippen molar-refractivity contribution in [2.45, 2.75) is 46.5 Å². The van der Waals surface area contributed by atoms with Crippen LogP contribution in [0.2, 0.25) is 5.02 Å². The predicted molar refractivity (Wildman–Crippen MR) is 119 cm³/mol. The van der Waals surface area contributed by atoms with Crippen molar-refractivity contribution in [3.63, 3.8) is 0 Å². The number of amides is 2. The van der Waals surface area contributed by atoms with Gasteiger partial charge in [0.15, 0.2) is 0 Å². The molecule has 1 aromatic carbocycles. The van der Waals surface area contributed by atoms with E-state index in [9.17, 15) is 9.59 Å². The van der Waals surface area contributed by atoms with Crippen molar-refractivity contribution in [2.24, 2.45) is 16.9 Å². The number of hydrogen-bond acceptors (Lipinski definition) is 3. The number of carbonyl (C=O) groups excluding carboxylic acids is 2. The van der Waals surface area contributed by atoms with Gasteiger partial charge in [-0.25, -0.2) is 5.43 Å². The van der Waals surface area contributed by atoms with Crippen molar-refractivity contribution >= 4 is 29.6 Å². The summed E-state index contributed by atoms with van der Waals surface area (Å²) in [5.74, 6) is 0.121. The molecule has 0 aliphatic heterocycles.